The van der Waals surface area contributed by atoms with E-state index in [1.165, 1.54) is 13.8 Å². The number of ketones is 2. The van der Waals surface area contributed by atoms with E-state index in [0.717, 1.165) is 0 Å². The molecule has 0 saturated carbocycles. The van der Waals surface area contributed by atoms with Crippen molar-refractivity contribution in [1.82, 2.24) is 0 Å². The molecule has 0 spiro atoms. The number of aliphatic hydroxyl groups is 2. The summed E-state index contributed by atoms with van der Waals surface area (Å²) in [6, 6.07) is 12.6. The predicted molar refractivity (Wildman–Crippen MR) is 123 cm³/mol. The van der Waals surface area contributed by atoms with Crippen molar-refractivity contribution < 1.29 is 37.5 Å². The van der Waals surface area contributed by atoms with Gasteiger partial charge >= 0.3 is 0 Å². The van der Waals surface area contributed by atoms with Crippen molar-refractivity contribution >= 4 is 21.7 Å². The van der Waals surface area contributed by atoms with E-state index in [-0.39, 0.29) is 18.8 Å². The second kappa shape index (κ2) is 10.2. The summed E-state index contributed by atoms with van der Waals surface area (Å²) >= 11 is 0. The first kappa shape index (κ1) is 26.8. The van der Waals surface area contributed by atoms with E-state index < -0.39 is 39.0 Å². The van der Waals surface area contributed by atoms with Crippen LogP contribution in [0.2, 0.25) is 0 Å². The summed E-state index contributed by atoms with van der Waals surface area (Å²) in [5, 5.41) is 20.5. The highest BCUT2D eigenvalue weighted by Gasteiger charge is 2.30. The Kier molecular flexibility index (Phi) is 8.32. The Hall–Kier alpha value is -2.43. The number of aliphatic hydroxyl groups excluding tert-OH is 1. The van der Waals surface area contributed by atoms with Gasteiger partial charge in [-0.2, -0.15) is 8.42 Å². The van der Waals surface area contributed by atoms with Crippen LogP contribution in [0.25, 0.3) is 0 Å². The van der Waals surface area contributed by atoms with Crippen LogP contribution in [-0.4, -0.2) is 58.3 Å². The lowest BCUT2D eigenvalue weighted by atomic mass is 9.92. The molecular weight excluding hydrogens is 448 g/mol. The molecule has 33 heavy (non-hydrogen) atoms. The summed E-state index contributed by atoms with van der Waals surface area (Å²) < 4.78 is 35.8. The summed E-state index contributed by atoms with van der Waals surface area (Å²) in [6.07, 6.45) is -0.925. The number of hydrogen-bond acceptors (Lipinski definition) is 7. The van der Waals surface area contributed by atoms with E-state index in [4.69, 9.17) is 9.29 Å². The largest absolute Gasteiger partial charge is 0.384 e. The third kappa shape index (κ3) is 7.55. The Bertz CT molecular complexity index is 1080. The molecule has 2 rings (SSSR count). The van der Waals surface area contributed by atoms with Crippen molar-refractivity contribution in [3.8, 4) is 0 Å². The van der Waals surface area contributed by atoms with Crippen molar-refractivity contribution in [1.29, 1.82) is 0 Å². The highest BCUT2D eigenvalue weighted by molar-refractivity contribution is 7.85. The SMILES string of the molecule is CC(C)(O)C(=O)c1ccc(C(O)c2ccc(C(=O)C(C)(C)OCCCS(=O)(=O)O)cc2)cc1. The molecule has 0 aliphatic rings. The van der Waals surface area contributed by atoms with Crippen molar-refractivity contribution in [2.24, 2.45) is 0 Å². The molecule has 1 unspecified atom stereocenters. The summed E-state index contributed by atoms with van der Waals surface area (Å²) in [4.78, 5) is 24.9. The fourth-order valence-electron chi connectivity index (χ4n) is 3.16. The molecule has 1 atom stereocenters. The molecule has 0 bridgehead atoms. The summed E-state index contributed by atoms with van der Waals surface area (Å²) in [7, 11) is -4.08. The van der Waals surface area contributed by atoms with E-state index in [1.54, 1.807) is 62.4 Å². The summed E-state index contributed by atoms with van der Waals surface area (Å²) in [6.45, 7) is 5.95. The average molecular weight is 479 g/mol. The minimum Gasteiger partial charge on any atom is -0.384 e. The summed E-state index contributed by atoms with van der Waals surface area (Å²) in [5.74, 6) is -1.18. The van der Waals surface area contributed by atoms with Gasteiger partial charge in [0, 0.05) is 17.7 Å². The average Bonchev–Trinajstić information content (AvgIpc) is 2.74. The van der Waals surface area contributed by atoms with Crippen LogP contribution in [0, 0.1) is 0 Å². The highest BCUT2D eigenvalue weighted by atomic mass is 32.2. The van der Waals surface area contributed by atoms with Crippen LogP contribution in [-0.2, 0) is 14.9 Å². The monoisotopic (exact) mass is 478 g/mol. The van der Waals surface area contributed by atoms with Gasteiger partial charge < -0.3 is 14.9 Å². The molecule has 0 heterocycles. The van der Waals surface area contributed by atoms with Gasteiger partial charge in [0.2, 0.25) is 0 Å². The molecule has 0 aliphatic carbocycles. The van der Waals surface area contributed by atoms with Gasteiger partial charge in [0.1, 0.15) is 17.3 Å². The van der Waals surface area contributed by atoms with Crippen LogP contribution in [0.1, 0.15) is 72.1 Å². The first-order chi connectivity index (χ1) is 15.1. The molecule has 0 radical (unpaired) electrons. The van der Waals surface area contributed by atoms with Crippen LogP contribution >= 0.6 is 0 Å². The van der Waals surface area contributed by atoms with Crippen molar-refractivity contribution in [2.45, 2.75) is 51.4 Å². The predicted octanol–water partition coefficient (Wildman–Crippen LogP) is 2.98. The Morgan fingerprint density at radius 3 is 1.70 bits per heavy atom. The van der Waals surface area contributed by atoms with E-state index in [0.29, 0.717) is 22.3 Å². The molecule has 0 aliphatic heterocycles. The van der Waals surface area contributed by atoms with E-state index >= 15 is 0 Å². The zero-order valence-electron chi connectivity index (χ0n) is 19.1. The maximum atomic E-state index is 12.8. The fraction of sp³-hybridized carbons (Fsp3) is 0.417. The van der Waals surface area contributed by atoms with Crippen LogP contribution in [0.4, 0.5) is 0 Å². The van der Waals surface area contributed by atoms with Crippen LogP contribution in [0.5, 0.6) is 0 Å². The molecule has 180 valence electrons. The van der Waals surface area contributed by atoms with Crippen molar-refractivity contribution in [3.63, 3.8) is 0 Å². The Morgan fingerprint density at radius 1 is 0.879 bits per heavy atom. The first-order valence-corrected chi connectivity index (χ1v) is 12.0. The summed E-state index contributed by atoms with van der Waals surface area (Å²) in [5.41, 5.74) is -0.919. The molecule has 2 aromatic carbocycles. The van der Waals surface area contributed by atoms with Gasteiger partial charge in [0.05, 0.1) is 5.75 Å². The maximum Gasteiger partial charge on any atom is 0.264 e. The van der Waals surface area contributed by atoms with Gasteiger partial charge in [-0.1, -0.05) is 48.5 Å². The molecule has 0 fully saturated rings. The zero-order chi connectivity index (χ0) is 25.0. The van der Waals surface area contributed by atoms with Gasteiger partial charge in [0.25, 0.3) is 10.1 Å². The van der Waals surface area contributed by atoms with Crippen molar-refractivity contribution in [3.05, 3.63) is 70.8 Å². The number of benzene rings is 2. The van der Waals surface area contributed by atoms with E-state index in [9.17, 15) is 28.2 Å². The molecule has 3 N–H and O–H groups in total. The number of hydrogen-bond donors (Lipinski definition) is 3. The Labute approximate surface area is 194 Å². The molecule has 0 saturated heterocycles. The third-order valence-electron chi connectivity index (χ3n) is 5.09. The maximum absolute atomic E-state index is 12.8. The van der Waals surface area contributed by atoms with Gasteiger partial charge in [-0.25, -0.2) is 0 Å². The second-order valence-corrected chi connectivity index (χ2v) is 10.4. The van der Waals surface area contributed by atoms with Gasteiger partial charge in [0.15, 0.2) is 11.6 Å². The lowest BCUT2D eigenvalue weighted by Gasteiger charge is -2.24. The molecule has 9 heteroatoms. The molecule has 0 amide bonds. The minimum absolute atomic E-state index is 0.0126. The van der Waals surface area contributed by atoms with Crippen LogP contribution in [0.15, 0.2) is 48.5 Å². The third-order valence-corrected chi connectivity index (χ3v) is 5.89. The lowest BCUT2D eigenvalue weighted by molar-refractivity contribution is -0.00402. The van der Waals surface area contributed by atoms with Crippen LogP contribution in [0.3, 0.4) is 0 Å². The number of ether oxygens (including phenoxy) is 1. The van der Waals surface area contributed by atoms with E-state index in [2.05, 4.69) is 0 Å². The quantitative estimate of drug-likeness (QED) is 0.255. The molecule has 0 aromatic heterocycles. The normalized spacial score (nSPS) is 13.5. The zero-order valence-corrected chi connectivity index (χ0v) is 19.9. The van der Waals surface area contributed by atoms with Crippen molar-refractivity contribution in [2.75, 3.05) is 12.4 Å². The second-order valence-electron chi connectivity index (χ2n) is 8.86. The molecule has 8 nitrogen and oxygen atoms in total. The Morgan fingerprint density at radius 2 is 1.30 bits per heavy atom. The first-order valence-electron chi connectivity index (χ1n) is 10.4. The van der Waals surface area contributed by atoms with Gasteiger partial charge in [-0.3, -0.25) is 14.1 Å². The standard InChI is InChI=1S/C24H30O8S/c1-23(2,28)21(26)18-10-6-16(7-11-18)20(25)17-8-12-19(13-9-17)22(27)24(3,4)32-14-5-15-33(29,30)31/h6-13,20,25,28H,5,14-15H2,1-4H3,(H,29,30,31). The smallest absolute Gasteiger partial charge is 0.264 e. The van der Waals surface area contributed by atoms with Gasteiger partial charge in [-0.05, 0) is 45.2 Å². The fourth-order valence-corrected chi connectivity index (χ4v) is 3.64. The molecule has 2 aromatic rings. The number of Topliss-reactive ketones (excluding diaryl/α,β-unsaturated/α-hetero) is 2. The lowest BCUT2D eigenvalue weighted by Crippen LogP contribution is -2.35. The Balaban J connectivity index is 2.06. The number of carbonyl (C=O) groups excluding carboxylic acids is 2. The van der Waals surface area contributed by atoms with Crippen LogP contribution < -0.4 is 0 Å². The minimum atomic E-state index is -4.08. The van der Waals surface area contributed by atoms with E-state index in [1.807, 2.05) is 0 Å². The van der Waals surface area contributed by atoms with Gasteiger partial charge in [-0.15, -0.1) is 0 Å². The molecular formula is C24H30O8S. The highest BCUT2D eigenvalue weighted by Crippen LogP contribution is 2.25. The number of carbonyl (C=O) groups is 2. The topological polar surface area (TPSA) is 138 Å². The number of rotatable bonds is 11.